The number of anilines is 1. The van der Waals surface area contributed by atoms with Crippen molar-refractivity contribution in [1.82, 2.24) is 14.8 Å². The van der Waals surface area contributed by atoms with Crippen LogP contribution >= 0.6 is 11.8 Å². The fourth-order valence-corrected chi connectivity index (χ4v) is 6.29. The lowest BCUT2D eigenvalue weighted by Crippen LogP contribution is -2.42. The van der Waals surface area contributed by atoms with Crippen molar-refractivity contribution in [3.63, 3.8) is 0 Å². The van der Waals surface area contributed by atoms with Crippen LogP contribution in [0.2, 0.25) is 0 Å². The molecule has 0 saturated carbocycles. The standard InChI is InChI=1S/C22H24N4O3S2/c1-16-8-6-7-11-19(16)21-23-24-22(25(21)2)30-14-20(27)26(17-9-4-3-5-10-17)18-12-13-31(28,29)15-18/h3-11,18H,12-15H2,1-2H3/t18-/m1/s1. The number of aromatic nitrogens is 3. The van der Waals surface area contributed by atoms with Gasteiger partial charge < -0.3 is 9.47 Å². The second-order valence-electron chi connectivity index (χ2n) is 7.62. The molecule has 0 radical (unpaired) electrons. The fraction of sp³-hybridized carbons (Fsp3) is 0.318. The fourth-order valence-electron chi connectivity index (χ4n) is 3.82. The minimum Gasteiger partial charge on any atom is -0.308 e. The first-order valence-corrected chi connectivity index (χ1v) is 12.8. The Morgan fingerprint density at radius 3 is 2.52 bits per heavy atom. The maximum atomic E-state index is 13.2. The largest absolute Gasteiger partial charge is 0.308 e. The molecular weight excluding hydrogens is 432 g/mol. The highest BCUT2D eigenvalue weighted by Gasteiger charge is 2.35. The zero-order valence-electron chi connectivity index (χ0n) is 17.4. The lowest BCUT2D eigenvalue weighted by molar-refractivity contribution is -0.116. The molecule has 2 heterocycles. The van der Waals surface area contributed by atoms with Crippen LogP contribution < -0.4 is 4.90 Å². The van der Waals surface area contributed by atoms with Gasteiger partial charge in [0.05, 0.1) is 23.3 Å². The second-order valence-corrected chi connectivity index (χ2v) is 10.8. The van der Waals surface area contributed by atoms with Crippen LogP contribution in [0.3, 0.4) is 0 Å². The average Bonchev–Trinajstić information content (AvgIpc) is 3.29. The molecule has 1 aliphatic heterocycles. The maximum absolute atomic E-state index is 13.2. The van der Waals surface area contributed by atoms with Crippen LogP contribution in [0, 0.1) is 6.92 Å². The quantitative estimate of drug-likeness (QED) is 0.530. The van der Waals surface area contributed by atoms with E-state index in [2.05, 4.69) is 10.2 Å². The van der Waals surface area contributed by atoms with Gasteiger partial charge in [-0.15, -0.1) is 10.2 Å². The Hall–Kier alpha value is -2.65. The van der Waals surface area contributed by atoms with Gasteiger partial charge in [-0.3, -0.25) is 4.79 Å². The third kappa shape index (κ3) is 4.67. The molecule has 9 heteroatoms. The number of benzene rings is 2. The molecule has 4 rings (SSSR count). The van der Waals surface area contributed by atoms with E-state index in [0.29, 0.717) is 17.3 Å². The predicted molar refractivity (Wildman–Crippen MR) is 123 cm³/mol. The van der Waals surface area contributed by atoms with Gasteiger partial charge in [-0.05, 0) is 31.0 Å². The summed E-state index contributed by atoms with van der Waals surface area (Å²) < 4.78 is 25.9. The van der Waals surface area contributed by atoms with Gasteiger partial charge in [-0.2, -0.15) is 0 Å². The number of sulfone groups is 1. The van der Waals surface area contributed by atoms with Gasteiger partial charge in [0.15, 0.2) is 20.8 Å². The van der Waals surface area contributed by atoms with E-state index < -0.39 is 9.84 Å². The van der Waals surface area contributed by atoms with Crippen LogP contribution in [0.25, 0.3) is 11.4 Å². The van der Waals surface area contributed by atoms with Crippen LogP contribution in [-0.2, 0) is 21.7 Å². The predicted octanol–water partition coefficient (Wildman–Crippen LogP) is 3.10. The normalized spacial score (nSPS) is 17.5. The summed E-state index contributed by atoms with van der Waals surface area (Å²) in [7, 11) is -1.23. The Morgan fingerprint density at radius 1 is 1.13 bits per heavy atom. The van der Waals surface area contributed by atoms with E-state index in [-0.39, 0.29) is 29.2 Å². The number of para-hydroxylation sites is 1. The third-order valence-corrected chi connectivity index (χ3v) is 8.18. The Balaban J connectivity index is 1.53. The van der Waals surface area contributed by atoms with Crippen LogP contribution in [0.1, 0.15) is 12.0 Å². The molecule has 1 fully saturated rings. The molecule has 0 aliphatic carbocycles. The number of amides is 1. The van der Waals surface area contributed by atoms with Crippen LogP contribution in [0.15, 0.2) is 59.8 Å². The van der Waals surface area contributed by atoms with Crippen molar-refractivity contribution >= 4 is 33.2 Å². The molecule has 0 N–H and O–H groups in total. The molecular formula is C22H24N4O3S2. The van der Waals surface area contributed by atoms with E-state index in [1.54, 1.807) is 4.90 Å². The zero-order chi connectivity index (χ0) is 22.0. The summed E-state index contributed by atoms with van der Waals surface area (Å²) in [5.74, 6) is 0.864. The molecule has 1 amide bonds. The van der Waals surface area contributed by atoms with Crippen molar-refractivity contribution < 1.29 is 13.2 Å². The monoisotopic (exact) mass is 456 g/mol. The minimum atomic E-state index is -3.11. The summed E-state index contributed by atoms with van der Waals surface area (Å²) in [6.45, 7) is 2.02. The van der Waals surface area contributed by atoms with Crippen LogP contribution in [0.4, 0.5) is 5.69 Å². The molecule has 7 nitrogen and oxygen atoms in total. The molecule has 1 saturated heterocycles. The van der Waals surface area contributed by atoms with Crippen LogP contribution in [0.5, 0.6) is 0 Å². The van der Waals surface area contributed by atoms with E-state index in [9.17, 15) is 13.2 Å². The summed E-state index contributed by atoms with van der Waals surface area (Å²) in [4.78, 5) is 14.8. The van der Waals surface area contributed by atoms with Crippen LogP contribution in [-0.4, -0.2) is 52.4 Å². The topological polar surface area (TPSA) is 85.2 Å². The third-order valence-electron chi connectivity index (χ3n) is 5.42. The molecule has 162 valence electrons. The summed E-state index contributed by atoms with van der Waals surface area (Å²) in [6.07, 6.45) is 0.453. The van der Waals surface area contributed by atoms with Gasteiger partial charge in [0.2, 0.25) is 5.91 Å². The molecule has 2 aromatic carbocycles. The first kappa shape index (κ1) is 21.6. The molecule has 0 bridgehead atoms. The number of aryl methyl sites for hydroxylation is 1. The molecule has 0 unspecified atom stereocenters. The van der Waals surface area contributed by atoms with Crippen molar-refractivity contribution in [2.75, 3.05) is 22.2 Å². The Kier molecular flexibility index (Phi) is 6.15. The van der Waals surface area contributed by atoms with Gasteiger partial charge >= 0.3 is 0 Å². The molecule has 0 spiro atoms. The Morgan fingerprint density at radius 2 is 1.84 bits per heavy atom. The van der Waals surface area contributed by atoms with Gasteiger partial charge in [0, 0.05) is 18.3 Å². The Labute approximate surface area is 186 Å². The molecule has 1 atom stereocenters. The van der Waals surface area contributed by atoms with Gasteiger partial charge in [0.25, 0.3) is 0 Å². The van der Waals surface area contributed by atoms with Gasteiger partial charge in [-0.1, -0.05) is 54.2 Å². The number of rotatable bonds is 6. The first-order chi connectivity index (χ1) is 14.9. The van der Waals surface area contributed by atoms with Gasteiger partial charge in [0.1, 0.15) is 0 Å². The number of carbonyl (C=O) groups excluding carboxylic acids is 1. The zero-order valence-corrected chi connectivity index (χ0v) is 19.1. The molecule has 31 heavy (non-hydrogen) atoms. The molecule has 1 aromatic heterocycles. The van der Waals surface area contributed by atoms with Gasteiger partial charge in [-0.25, -0.2) is 8.42 Å². The van der Waals surface area contributed by atoms with E-state index in [1.807, 2.05) is 73.1 Å². The van der Waals surface area contributed by atoms with Crippen molar-refractivity contribution in [2.45, 2.75) is 24.5 Å². The van der Waals surface area contributed by atoms with Crippen molar-refractivity contribution in [3.05, 3.63) is 60.2 Å². The Bertz CT molecular complexity index is 1190. The maximum Gasteiger partial charge on any atom is 0.237 e. The molecule has 1 aliphatic rings. The first-order valence-electron chi connectivity index (χ1n) is 10.0. The second kappa shape index (κ2) is 8.84. The number of thioether (sulfide) groups is 1. The van der Waals surface area contributed by atoms with E-state index in [4.69, 9.17) is 0 Å². The highest BCUT2D eigenvalue weighted by molar-refractivity contribution is 7.99. The van der Waals surface area contributed by atoms with Crippen molar-refractivity contribution in [3.8, 4) is 11.4 Å². The van der Waals surface area contributed by atoms with E-state index in [1.165, 1.54) is 11.8 Å². The number of hydrogen-bond donors (Lipinski definition) is 0. The summed E-state index contributed by atoms with van der Waals surface area (Å²) in [6, 6.07) is 16.9. The lowest BCUT2D eigenvalue weighted by atomic mass is 10.1. The number of carbonyl (C=O) groups is 1. The van der Waals surface area contributed by atoms with E-state index >= 15 is 0 Å². The summed E-state index contributed by atoms with van der Waals surface area (Å²) in [5.41, 5.74) is 2.81. The average molecular weight is 457 g/mol. The minimum absolute atomic E-state index is 0.000304. The smallest absolute Gasteiger partial charge is 0.237 e. The van der Waals surface area contributed by atoms with Crippen molar-refractivity contribution in [2.24, 2.45) is 7.05 Å². The highest BCUT2D eigenvalue weighted by Crippen LogP contribution is 2.28. The highest BCUT2D eigenvalue weighted by atomic mass is 32.2. The summed E-state index contributed by atoms with van der Waals surface area (Å²) >= 11 is 1.31. The van der Waals surface area contributed by atoms with Crippen molar-refractivity contribution in [1.29, 1.82) is 0 Å². The number of hydrogen-bond acceptors (Lipinski definition) is 6. The number of nitrogens with zero attached hydrogens (tertiary/aromatic N) is 4. The molecule has 3 aromatic rings. The summed E-state index contributed by atoms with van der Waals surface area (Å²) in [5, 5.41) is 9.22. The van der Waals surface area contributed by atoms with E-state index in [0.717, 1.165) is 17.0 Å². The lowest BCUT2D eigenvalue weighted by Gasteiger charge is -2.28. The SMILES string of the molecule is Cc1ccccc1-c1nnc(SCC(=O)N(c2ccccc2)[C@@H]2CCS(=O)(=O)C2)n1C.